The zero-order valence-corrected chi connectivity index (χ0v) is 18.6. The van der Waals surface area contributed by atoms with Gasteiger partial charge in [0.1, 0.15) is 12.1 Å². The van der Waals surface area contributed by atoms with Crippen molar-refractivity contribution >= 4 is 17.7 Å². The Kier molecular flexibility index (Phi) is 8.68. The van der Waals surface area contributed by atoms with Crippen LogP contribution in [0.1, 0.15) is 39.2 Å². The van der Waals surface area contributed by atoms with Crippen molar-refractivity contribution in [1.82, 2.24) is 15.5 Å². The second-order valence-electron chi connectivity index (χ2n) is 8.49. The standard InChI is InChI=1S/C22H32F2N4O4/c1-13(2)17(25)20(31)28-11-7-10-16(28)19(30)27-14(3)18(29)22(23,24)21(32)26-12-15-8-5-4-6-9-15/h4-6,8-9,13-14,16-18,29H,7,10-12,25H2,1-3H3,(H,26,32)(H,27,30)/t14?,16?,17-,18?/m0/s1. The highest BCUT2D eigenvalue weighted by molar-refractivity contribution is 5.90. The fourth-order valence-corrected chi connectivity index (χ4v) is 3.52. The molecular weight excluding hydrogens is 422 g/mol. The summed E-state index contributed by atoms with van der Waals surface area (Å²) in [7, 11) is 0. The fraction of sp³-hybridized carbons (Fsp3) is 0.591. The van der Waals surface area contributed by atoms with E-state index >= 15 is 0 Å². The van der Waals surface area contributed by atoms with Crippen molar-refractivity contribution < 1.29 is 28.3 Å². The number of likely N-dealkylation sites (tertiary alicyclic amines) is 1. The molecule has 178 valence electrons. The van der Waals surface area contributed by atoms with Crippen LogP contribution < -0.4 is 16.4 Å². The fourth-order valence-electron chi connectivity index (χ4n) is 3.52. The average molecular weight is 455 g/mol. The summed E-state index contributed by atoms with van der Waals surface area (Å²) in [6, 6.07) is 5.43. The molecule has 4 atom stereocenters. The van der Waals surface area contributed by atoms with Gasteiger partial charge in [0.25, 0.3) is 5.91 Å². The number of benzene rings is 1. The lowest BCUT2D eigenvalue weighted by molar-refractivity contribution is -0.167. The van der Waals surface area contributed by atoms with E-state index in [4.69, 9.17) is 5.73 Å². The van der Waals surface area contributed by atoms with Crippen molar-refractivity contribution in [1.29, 1.82) is 0 Å². The zero-order valence-electron chi connectivity index (χ0n) is 18.6. The molecule has 0 aliphatic carbocycles. The van der Waals surface area contributed by atoms with Gasteiger partial charge in [-0.1, -0.05) is 44.2 Å². The Labute approximate surface area is 186 Å². The highest BCUT2D eigenvalue weighted by atomic mass is 19.3. The molecule has 3 amide bonds. The van der Waals surface area contributed by atoms with E-state index in [9.17, 15) is 28.3 Å². The molecule has 0 radical (unpaired) electrons. The molecule has 1 aliphatic heterocycles. The molecule has 10 heteroatoms. The summed E-state index contributed by atoms with van der Waals surface area (Å²) in [6.45, 7) is 4.97. The van der Waals surface area contributed by atoms with E-state index in [1.165, 1.54) is 11.8 Å². The number of carbonyl (C=O) groups is 3. The molecule has 2 rings (SSSR count). The quantitative estimate of drug-likeness (QED) is 0.439. The minimum atomic E-state index is -4.13. The Hall–Kier alpha value is -2.59. The number of hydrogen-bond donors (Lipinski definition) is 4. The first-order chi connectivity index (χ1) is 15.0. The molecule has 1 aromatic rings. The van der Waals surface area contributed by atoms with Gasteiger partial charge in [-0.25, -0.2) is 0 Å². The molecule has 0 bridgehead atoms. The molecule has 1 aliphatic rings. The number of amides is 3. The van der Waals surface area contributed by atoms with Crippen LogP contribution in [0.5, 0.6) is 0 Å². The van der Waals surface area contributed by atoms with Crippen LogP contribution in [0.15, 0.2) is 30.3 Å². The number of halogens is 2. The molecule has 1 heterocycles. The number of alkyl halides is 2. The van der Waals surface area contributed by atoms with E-state index in [0.29, 0.717) is 24.9 Å². The van der Waals surface area contributed by atoms with Crippen molar-refractivity contribution in [3.05, 3.63) is 35.9 Å². The van der Waals surface area contributed by atoms with Gasteiger partial charge in [-0.15, -0.1) is 0 Å². The number of nitrogens with one attached hydrogen (secondary N) is 2. The first-order valence-electron chi connectivity index (χ1n) is 10.7. The van der Waals surface area contributed by atoms with Gasteiger partial charge in [-0.2, -0.15) is 8.78 Å². The minimum absolute atomic E-state index is 0.124. The summed E-state index contributed by atoms with van der Waals surface area (Å²) < 4.78 is 29.0. The van der Waals surface area contributed by atoms with Gasteiger partial charge in [0.15, 0.2) is 0 Å². The number of nitrogens with two attached hydrogens (primary N) is 1. The van der Waals surface area contributed by atoms with Crippen LogP contribution in [-0.4, -0.2) is 64.4 Å². The molecule has 1 fully saturated rings. The average Bonchev–Trinajstić information content (AvgIpc) is 3.26. The van der Waals surface area contributed by atoms with Crippen LogP contribution in [0.4, 0.5) is 8.78 Å². The summed E-state index contributed by atoms with van der Waals surface area (Å²) in [6.07, 6.45) is -1.52. The normalized spacial score (nSPS) is 19.4. The predicted molar refractivity (Wildman–Crippen MR) is 114 cm³/mol. The molecule has 8 nitrogen and oxygen atoms in total. The Morgan fingerprint density at radius 2 is 1.84 bits per heavy atom. The van der Waals surface area contributed by atoms with Crippen LogP contribution in [-0.2, 0) is 20.9 Å². The van der Waals surface area contributed by atoms with Crippen LogP contribution in [0.2, 0.25) is 0 Å². The van der Waals surface area contributed by atoms with Gasteiger partial charge in [0, 0.05) is 13.1 Å². The Bertz CT molecular complexity index is 806. The predicted octanol–water partition coefficient (Wildman–Crippen LogP) is 0.778. The zero-order chi connectivity index (χ0) is 24.1. The lowest BCUT2D eigenvalue weighted by atomic mass is 10.0. The van der Waals surface area contributed by atoms with E-state index in [1.54, 1.807) is 44.2 Å². The maximum Gasteiger partial charge on any atom is 0.351 e. The van der Waals surface area contributed by atoms with E-state index < -0.39 is 42.0 Å². The lowest BCUT2D eigenvalue weighted by Gasteiger charge is -2.31. The molecular formula is C22H32F2N4O4. The van der Waals surface area contributed by atoms with Crippen molar-refractivity contribution in [2.75, 3.05) is 6.54 Å². The van der Waals surface area contributed by atoms with Crippen LogP contribution in [0.3, 0.4) is 0 Å². The Morgan fingerprint density at radius 1 is 1.22 bits per heavy atom. The number of rotatable bonds is 9. The van der Waals surface area contributed by atoms with Crippen LogP contribution in [0.25, 0.3) is 0 Å². The van der Waals surface area contributed by atoms with E-state index in [1.807, 2.05) is 0 Å². The van der Waals surface area contributed by atoms with Crippen molar-refractivity contribution in [3.63, 3.8) is 0 Å². The molecule has 1 saturated heterocycles. The first-order valence-corrected chi connectivity index (χ1v) is 10.7. The number of aliphatic hydroxyl groups excluding tert-OH is 1. The smallest absolute Gasteiger partial charge is 0.351 e. The monoisotopic (exact) mass is 454 g/mol. The van der Waals surface area contributed by atoms with Gasteiger partial charge in [0.2, 0.25) is 11.8 Å². The van der Waals surface area contributed by atoms with Crippen molar-refractivity contribution in [2.24, 2.45) is 11.7 Å². The van der Waals surface area contributed by atoms with Gasteiger partial charge < -0.3 is 26.4 Å². The summed E-state index contributed by atoms with van der Waals surface area (Å²) in [4.78, 5) is 38.6. The maximum atomic E-state index is 14.5. The second-order valence-corrected chi connectivity index (χ2v) is 8.49. The number of hydrogen-bond acceptors (Lipinski definition) is 5. The molecule has 0 saturated carbocycles. The molecule has 32 heavy (non-hydrogen) atoms. The summed E-state index contributed by atoms with van der Waals surface area (Å²) in [5.41, 5.74) is 6.53. The minimum Gasteiger partial charge on any atom is -0.384 e. The highest BCUT2D eigenvalue weighted by Gasteiger charge is 2.49. The van der Waals surface area contributed by atoms with E-state index in [0.717, 1.165) is 0 Å². The van der Waals surface area contributed by atoms with Crippen molar-refractivity contribution in [2.45, 2.75) is 70.3 Å². The second kappa shape index (κ2) is 10.8. The van der Waals surface area contributed by atoms with Gasteiger partial charge in [-0.05, 0) is 31.2 Å². The first kappa shape index (κ1) is 25.7. The number of carbonyl (C=O) groups excluding carboxylic acids is 3. The molecule has 5 N–H and O–H groups in total. The maximum absolute atomic E-state index is 14.5. The van der Waals surface area contributed by atoms with Crippen LogP contribution in [0, 0.1) is 5.92 Å². The lowest BCUT2D eigenvalue weighted by Crippen LogP contribution is -2.59. The van der Waals surface area contributed by atoms with E-state index in [-0.39, 0.29) is 18.4 Å². The molecule has 1 aromatic carbocycles. The summed E-state index contributed by atoms with van der Waals surface area (Å²) in [5, 5.41) is 14.5. The van der Waals surface area contributed by atoms with Crippen molar-refractivity contribution in [3.8, 4) is 0 Å². The van der Waals surface area contributed by atoms with E-state index in [2.05, 4.69) is 10.6 Å². The Morgan fingerprint density at radius 3 is 2.44 bits per heavy atom. The third-order valence-electron chi connectivity index (χ3n) is 5.66. The highest BCUT2D eigenvalue weighted by Crippen LogP contribution is 2.24. The topological polar surface area (TPSA) is 125 Å². The summed E-state index contributed by atoms with van der Waals surface area (Å²) in [5.74, 6) is -6.95. The SMILES string of the molecule is CC(NC(=O)C1CCCN1C(=O)[C@@H](N)C(C)C)C(O)C(F)(F)C(=O)NCc1ccccc1. The van der Waals surface area contributed by atoms with Crippen LogP contribution >= 0.6 is 0 Å². The van der Waals surface area contributed by atoms with Gasteiger partial charge in [-0.3, -0.25) is 14.4 Å². The van der Waals surface area contributed by atoms with Gasteiger partial charge >= 0.3 is 5.92 Å². The van der Waals surface area contributed by atoms with Gasteiger partial charge in [0.05, 0.1) is 12.1 Å². The molecule has 0 aromatic heterocycles. The Balaban J connectivity index is 1.97. The largest absolute Gasteiger partial charge is 0.384 e. The third kappa shape index (κ3) is 6.01. The summed E-state index contributed by atoms with van der Waals surface area (Å²) >= 11 is 0. The number of aliphatic hydroxyl groups is 1. The molecule has 0 spiro atoms. The third-order valence-corrected chi connectivity index (χ3v) is 5.66. The number of nitrogens with zero attached hydrogens (tertiary/aromatic N) is 1. The molecule has 3 unspecified atom stereocenters.